The third-order valence-corrected chi connectivity index (χ3v) is 7.22. The van der Waals surface area contributed by atoms with E-state index in [1.807, 2.05) is 24.0 Å². The molecule has 1 aromatic rings. The lowest BCUT2D eigenvalue weighted by Gasteiger charge is -2.36. The molecular formula is C19H27N3O3S. The fourth-order valence-electron chi connectivity index (χ4n) is 3.68. The molecular weight excluding hydrogens is 350 g/mol. The van der Waals surface area contributed by atoms with E-state index in [2.05, 4.69) is 11.9 Å². The van der Waals surface area contributed by atoms with Crippen LogP contribution in [0.5, 0.6) is 0 Å². The number of amides is 1. The number of hydrogen-bond donors (Lipinski definition) is 1. The van der Waals surface area contributed by atoms with Crippen molar-refractivity contribution in [2.75, 3.05) is 32.7 Å². The fourth-order valence-corrected chi connectivity index (χ4v) is 5.15. The first-order valence-electron chi connectivity index (χ1n) is 9.18. The van der Waals surface area contributed by atoms with Gasteiger partial charge in [0.1, 0.15) is 0 Å². The Kier molecular flexibility index (Phi) is 5.79. The van der Waals surface area contributed by atoms with Gasteiger partial charge in [0.05, 0.1) is 10.9 Å². The van der Waals surface area contributed by atoms with E-state index < -0.39 is 10.0 Å². The molecule has 0 radical (unpaired) electrons. The van der Waals surface area contributed by atoms with Gasteiger partial charge >= 0.3 is 0 Å². The average molecular weight is 378 g/mol. The maximum absolute atomic E-state index is 13.0. The smallest absolute Gasteiger partial charge is 0.243 e. The van der Waals surface area contributed by atoms with Gasteiger partial charge in [-0.1, -0.05) is 12.1 Å². The zero-order valence-corrected chi connectivity index (χ0v) is 16.1. The van der Waals surface area contributed by atoms with Crippen LogP contribution in [-0.4, -0.2) is 62.3 Å². The Labute approximate surface area is 155 Å². The Morgan fingerprint density at radius 3 is 2.62 bits per heavy atom. The van der Waals surface area contributed by atoms with Gasteiger partial charge in [0.2, 0.25) is 15.9 Å². The van der Waals surface area contributed by atoms with E-state index in [-0.39, 0.29) is 11.9 Å². The number of piperazine rings is 1. The molecule has 0 aromatic heterocycles. The van der Waals surface area contributed by atoms with Crippen molar-refractivity contribution in [3.8, 4) is 0 Å². The fraction of sp³-hybridized carbons (Fsp3) is 0.526. The molecule has 26 heavy (non-hydrogen) atoms. The highest BCUT2D eigenvalue weighted by atomic mass is 32.2. The van der Waals surface area contributed by atoms with Gasteiger partial charge in [0, 0.05) is 32.7 Å². The van der Waals surface area contributed by atoms with E-state index in [1.165, 1.54) is 9.87 Å². The third-order valence-electron chi connectivity index (χ3n) is 5.33. The van der Waals surface area contributed by atoms with Gasteiger partial charge in [0.25, 0.3) is 0 Å². The number of carbonyl (C=O) groups excluding carboxylic acids is 1. The molecule has 1 heterocycles. The molecule has 0 spiro atoms. The van der Waals surface area contributed by atoms with E-state index >= 15 is 0 Å². The number of aryl methyl sites for hydroxylation is 2. The molecule has 1 fully saturated rings. The topological polar surface area (TPSA) is 69.7 Å². The highest BCUT2D eigenvalue weighted by molar-refractivity contribution is 7.89. The minimum absolute atomic E-state index is 0.0557. The van der Waals surface area contributed by atoms with E-state index in [0.717, 1.165) is 24.8 Å². The SMILES string of the molecule is C=CCNC(=O)[C@@H](C)N1CCN(S(=O)(=O)c2ccc3c(c2)CCC3)CC1. The second-order valence-corrected chi connectivity index (χ2v) is 8.87. The zero-order valence-electron chi connectivity index (χ0n) is 15.3. The predicted octanol–water partition coefficient (Wildman–Crippen LogP) is 1.17. The molecule has 1 N–H and O–H groups in total. The maximum Gasteiger partial charge on any atom is 0.243 e. The van der Waals surface area contributed by atoms with Gasteiger partial charge in [-0.15, -0.1) is 6.58 Å². The van der Waals surface area contributed by atoms with Crippen molar-refractivity contribution in [2.24, 2.45) is 0 Å². The molecule has 1 saturated heterocycles. The molecule has 0 saturated carbocycles. The Morgan fingerprint density at radius 2 is 1.92 bits per heavy atom. The summed E-state index contributed by atoms with van der Waals surface area (Å²) in [5, 5.41) is 2.79. The van der Waals surface area contributed by atoms with Crippen LogP contribution in [0.15, 0.2) is 35.7 Å². The van der Waals surface area contributed by atoms with Crippen molar-refractivity contribution in [3.63, 3.8) is 0 Å². The standard InChI is InChI=1S/C19H27N3O3S/c1-3-9-20-19(23)15(2)21-10-12-22(13-11-21)26(24,25)18-8-7-16-5-4-6-17(16)14-18/h3,7-8,14-15H,1,4-6,9-13H2,2H3,(H,20,23)/t15-/m1/s1. The van der Waals surface area contributed by atoms with Gasteiger partial charge in [-0.3, -0.25) is 9.69 Å². The van der Waals surface area contributed by atoms with Crippen molar-refractivity contribution >= 4 is 15.9 Å². The normalized spacial score (nSPS) is 19.7. The number of carbonyl (C=O) groups is 1. The lowest BCUT2D eigenvalue weighted by Crippen LogP contribution is -2.54. The Hall–Kier alpha value is -1.70. The second kappa shape index (κ2) is 7.90. The Balaban J connectivity index is 1.63. The zero-order chi connectivity index (χ0) is 18.7. The van der Waals surface area contributed by atoms with E-state index in [9.17, 15) is 13.2 Å². The van der Waals surface area contributed by atoms with Gasteiger partial charge in [-0.05, 0) is 49.4 Å². The van der Waals surface area contributed by atoms with Crippen LogP contribution in [0.4, 0.5) is 0 Å². The van der Waals surface area contributed by atoms with Crippen molar-refractivity contribution < 1.29 is 13.2 Å². The van der Waals surface area contributed by atoms with Crippen molar-refractivity contribution in [1.82, 2.24) is 14.5 Å². The summed E-state index contributed by atoms with van der Waals surface area (Å²) in [5.41, 5.74) is 2.44. The molecule has 6 nitrogen and oxygen atoms in total. The minimum Gasteiger partial charge on any atom is -0.351 e. The highest BCUT2D eigenvalue weighted by Gasteiger charge is 2.32. The molecule has 1 aliphatic heterocycles. The Morgan fingerprint density at radius 1 is 1.23 bits per heavy atom. The molecule has 7 heteroatoms. The molecule has 0 unspecified atom stereocenters. The molecule has 2 aliphatic rings. The molecule has 1 aromatic carbocycles. The lowest BCUT2D eigenvalue weighted by atomic mass is 10.1. The number of nitrogens with one attached hydrogen (secondary N) is 1. The highest BCUT2D eigenvalue weighted by Crippen LogP contribution is 2.26. The first kappa shape index (κ1) is 19.1. The van der Waals surface area contributed by atoms with Crippen LogP contribution in [0, 0.1) is 0 Å². The van der Waals surface area contributed by atoms with E-state index in [4.69, 9.17) is 0 Å². The monoisotopic (exact) mass is 377 g/mol. The van der Waals surface area contributed by atoms with E-state index in [1.54, 1.807) is 12.1 Å². The summed E-state index contributed by atoms with van der Waals surface area (Å²) in [7, 11) is -3.47. The summed E-state index contributed by atoms with van der Waals surface area (Å²) >= 11 is 0. The number of sulfonamides is 1. The third kappa shape index (κ3) is 3.84. The van der Waals surface area contributed by atoms with Crippen LogP contribution >= 0.6 is 0 Å². The summed E-state index contributed by atoms with van der Waals surface area (Å²) in [6.07, 6.45) is 4.75. The predicted molar refractivity (Wildman–Crippen MR) is 101 cm³/mol. The molecule has 3 rings (SSSR count). The van der Waals surface area contributed by atoms with Crippen LogP contribution in [0.1, 0.15) is 24.5 Å². The average Bonchev–Trinajstić information content (AvgIpc) is 3.13. The van der Waals surface area contributed by atoms with Crippen molar-refractivity contribution in [2.45, 2.75) is 37.1 Å². The van der Waals surface area contributed by atoms with Gasteiger partial charge in [-0.25, -0.2) is 8.42 Å². The summed E-state index contributed by atoms with van der Waals surface area (Å²) < 4.78 is 27.4. The van der Waals surface area contributed by atoms with Gasteiger partial charge < -0.3 is 5.32 Å². The molecule has 142 valence electrons. The Bertz CT molecular complexity index is 783. The maximum atomic E-state index is 13.0. The minimum atomic E-state index is -3.47. The number of nitrogens with zero attached hydrogens (tertiary/aromatic N) is 2. The largest absolute Gasteiger partial charge is 0.351 e. The van der Waals surface area contributed by atoms with Crippen LogP contribution in [0.3, 0.4) is 0 Å². The lowest BCUT2D eigenvalue weighted by molar-refractivity contribution is -0.126. The summed E-state index contributed by atoms with van der Waals surface area (Å²) in [4.78, 5) is 14.5. The number of hydrogen-bond acceptors (Lipinski definition) is 4. The van der Waals surface area contributed by atoms with Crippen LogP contribution in [0.2, 0.25) is 0 Å². The van der Waals surface area contributed by atoms with Gasteiger partial charge in [0.15, 0.2) is 0 Å². The van der Waals surface area contributed by atoms with Crippen LogP contribution in [0.25, 0.3) is 0 Å². The second-order valence-electron chi connectivity index (χ2n) is 6.93. The van der Waals surface area contributed by atoms with Crippen molar-refractivity contribution in [1.29, 1.82) is 0 Å². The summed E-state index contributed by atoms with van der Waals surface area (Å²) in [6.45, 7) is 7.78. The number of fused-ring (bicyclic) bond motifs is 1. The summed E-state index contributed by atoms with van der Waals surface area (Å²) in [5.74, 6) is -0.0557. The molecule has 0 bridgehead atoms. The van der Waals surface area contributed by atoms with Crippen LogP contribution < -0.4 is 5.32 Å². The van der Waals surface area contributed by atoms with E-state index in [0.29, 0.717) is 37.6 Å². The van der Waals surface area contributed by atoms with Gasteiger partial charge in [-0.2, -0.15) is 4.31 Å². The molecule has 1 atom stereocenters. The van der Waals surface area contributed by atoms with Crippen molar-refractivity contribution in [3.05, 3.63) is 42.0 Å². The number of rotatable bonds is 6. The molecule has 1 aliphatic carbocycles. The molecule has 1 amide bonds. The quantitative estimate of drug-likeness (QED) is 0.756. The first-order valence-corrected chi connectivity index (χ1v) is 10.6. The summed E-state index contributed by atoms with van der Waals surface area (Å²) in [6, 6.07) is 5.25. The first-order chi connectivity index (χ1) is 12.4. The van der Waals surface area contributed by atoms with Crippen LogP contribution in [-0.2, 0) is 27.7 Å². The number of benzene rings is 1.